The molecule has 0 fully saturated rings. The third-order valence-corrected chi connectivity index (χ3v) is 3.53. The van der Waals surface area contributed by atoms with Crippen molar-refractivity contribution >= 4 is 0 Å². The molecule has 0 aliphatic heterocycles. The average molecular weight is 336 g/mol. The molecule has 3 heteroatoms. The lowest BCUT2D eigenvalue weighted by atomic mass is 9.96. The maximum atomic E-state index is 14.0. The van der Waals surface area contributed by atoms with E-state index in [4.69, 9.17) is 0 Å². The van der Waals surface area contributed by atoms with Crippen molar-refractivity contribution in [2.45, 2.75) is 45.5 Å². The van der Waals surface area contributed by atoms with Gasteiger partial charge in [-0.15, -0.1) is 0 Å². The van der Waals surface area contributed by atoms with Crippen LogP contribution < -0.4 is 0 Å². The van der Waals surface area contributed by atoms with Gasteiger partial charge in [0, 0.05) is 12.0 Å². The molecule has 0 bridgehead atoms. The standard InChI is InChI=1S/C21H27F3/c1-8-9-10-13-21(23,24)19(7)17(5)12-11-16(4)18(6)14-20(22)15(2)3/h11-12,14H,2,4-10,13H2,1,3H3/b12-11-,20-14+. The van der Waals surface area contributed by atoms with E-state index in [0.717, 1.165) is 12.8 Å². The Morgan fingerprint density at radius 1 is 0.917 bits per heavy atom. The van der Waals surface area contributed by atoms with Gasteiger partial charge in [-0.25, -0.2) is 13.2 Å². The Bertz CT molecular complexity index is 586. The molecule has 0 saturated heterocycles. The monoisotopic (exact) mass is 336 g/mol. The van der Waals surface area contributed by atoms with Gasteiger partial charge in [-0.1, -0.05) is 64.8 Å². The molecule has 0 rings (SSSR count). The first-order valence-electron chi connectivity index (χ1n) is 7.88. The van der Waals surface area contributed by atoms with E-state index in [2.05, 4.69) is 32.9 Å². The van der Waals surface area contributed by atoms with E-state index in [-0.39, 0.29) is 23.1 Å². The van der Waals surface area contributed by atoms with Crippen molar-refractivity contribution in [3.05, 3.63) is 84.8 Å². The number of allylic oxidation sites excluding steroid dienone is 9. The smallest absolute Gasteiger partial charge is 0.207 e. The van der Waals surface area contributed by atoms with Crippen molar-refractivity contribution in [2.75, 3.05) is 0 Å². The highest BCUT2D eigenvalue weighted by Gasteiger charge is 2.32. The topological polar surface area (TPSA) is 0 Å². The van der Waals surface area contributed by atoms with Gasteiger partial charge in [-0.05, 0) is 41.7 Å². The van der Waals surface area contributed by atoms with Crippen molar-refractivity contribution < 1.29 is 13.2 Å². The SMILES string of the molecule is C=C(/C=C\C(=C)C(=C)C(F)(F)CCCCC)C(=C)/C=C(/F)C(=C)C. The first-order valence-corrected chi connectivity index (χ1v) is 7.88. The van der Waals surface area contributed by atoms with E-state index in [9.17, 15) is 13.2 Å². The summed E-state index contributed by atoms with van der Waals surface area (Å²) in [5.74, 6) is -3.48. The number of unbranched alkanes of at least 4 members (excludes halogenated alkanes) is 2. The zero-order valence-electron chi connectivity index (χ0n) is 14.7. The quantitative estimate of drug-likeness (QED) is 0.272. The zero-order valence-corrected chi connectivity index (χ0v) is 14.7. The minimum absolute atomic E-state index is 0.120. The van der Waals surface area contributed by atoms with Gasteiger partial charge in [-0.3, -0.25) is 0 Å². The van der Waals surface area contributed by atoms with Crippen LogP contribution >= 0.6 is 0 Å². The molecule has 0 aliphatic carbocycles. The highest BCUT2D eigenvalue weighted by molar-refractivity contribution is 5.49. The molecule has 0 N–H and O–H groups in total. The molecule has 0 aromatic heterocycles. The fourth-order valence-electron chi connectivity index (χ4n) is 1.76. The Balaban J connectivity index is 4.85. The Hall–Kier alpha value is -2.03. The summed E-state index contributed by atoms with van der Waals surface area (Å²) in [5, 5.41) is 0. The van der Waals surface area contributed by atoms with Crippen molar-refractivity contribution in [1.29, 1.82) is 0 Å². The highest BCUT2D eigenvalue weighted by Crippen LogP contribution is 2.33. The Morgan fingerprint density at radius 2 is 1.46 bits per heavy atom. The number of hydrogen-bond acceptors (Lipinski definition) is 0. The summed E-state index contributed by atoms with van der Waals surface area (Å²) in [5.41, 5.74) is 0.818. The van der Waals surface area contributed by atoms with Crippen LogP contribution in [-0.4, -0.2) is 5.92 Å². The van der Waals surface area contributed by atoms with Crippen LogP contribution in [-0.2, 0) is 0 Å². The fourth-order valence-corrected chi connectivity index (χ4v) is 1.76. The highest BCUT2D eigenvalue weighted by atomic mass is 19.3. The van der Waals surface area contributed by atoms with Crippen LogP contribution in [0.4, 0.5) is 13.2 Å². The van der Waals surface area contributed by atoms with E-state index in [1.54, 1.807) is 0 Å². The second kappa shape index (κ2) is 9.96. The number of hydrogen-bond donors (Lipinski definition) is 0. The Labute approximate surface area is 144 Å². The van der Waals surface area contributed by atoms with Gasteiger partial charge in [0.15, 0.2) is 0 Å². The van der Waals surface area contributed by atoms with Gasteiger partial charge >= 0.3 is 0 Å². The molecule has 0 amide bonds. The van der Waals surface area contributed by atoms with E-state index in [1.165, 1.54) is 25.2 Å². The summed E-state index contributed by atoms with van der Waals surface area (Å²) in [6, 6.07) is 0. The summed E-state index contributed by atoms with van der Waals surface area (Å²) in [6.45, 7) is 21.5. The van der Waals surface area contributed by atoms with Crippen molar-refractivity contribution in [3.63, 3.8) is 0 Å². The number of alkyl halides is 2. The number of halogens is 3. The maximum absolute atomic E-state index is 14.0. The van der Waals surface area contributed by atoms with Gasteiger partial charge in [0.2, 0.25) is 0 Å². The molecule has 0 spiro atoms. The predicted molar refractivity (Wildman–Crippen MR) is 98.8 cm³/mol. The van der Waals surface area contributed by atoms with Crippen molar-refractivity contribution in [3.8, 4) is 0 Å². The van der Waals surface area contributed by atoms with E-state index < -0.39 is 11.7 Å². The maximum Gasteiger partial charge on any atom is 0.273 e. The molecule has 0 heterocycles. The second-order valence-electron chi connectivity index (χ2n) is 5.82. The lowest BCUT2D eigenvalue weighted by Gasteiger charge is -2.19. The normalized spacial score (nSPS) is 12.3. The molecule has 0 atom stereocenters. The van der Waals surface area contributed by atoms with Crippen LogP contribution in [0.2, 0.25) is 0 Å². The largest absolute Gasteiger partial charge is 0.273 e. The molecule has 0 aliphatic rings. The van der Waals surface area contributed by atoms with Gasteiger partial charge in [0.1, 0.15) is 5.83 Å². The molecule has 0 aromatic rings. The zero-order chi connectivity index (χ0) is 18.9. The molecular weight excluding hydrogens is 309 g/mol. The van der Waals surface area contributed by atoms with E-state index in [1.807, 2.05) is 6.92 Å². The van der Waals surface area contributed by atoms with Gasteiger partial charge in [0.25, 0.3) is 5.92 Å². The molecule has 0 nitrogen and oxygen atoms in total. The lowest BCUT2D eigenvalue weighted by molar-refractivity contribution is 0.0329. The third-order valence-electron chi connectivity index (χ3n) is 3.53. The van der Waals surface area contributed by atoms with E-state index in [0.29, 0.717) is 17.6 Å². The molecule has 0 aromatic carbocycles. The molecular formula is C21H27F3. The molecule has 24 heavy (non-hydrogen) atoms. The number of rotatable bonds is 11. The predicted octanol–water partition coefficient (Wildman–Crippen LogP) is 7.41. The van der Waals surface area contributed by atoms with Crippen LogP contribution in [0, 0.1) is 0 Å². The molecule has 0 unspecified atom stereocenters. The summed E-state index contributed by atoms with van der Waals surface area (Å²) in [6.07, 6.45) is 5.89. The minimum atomic E-state index is -2.99. The fraction of sp³-hybridized carbons (Fsp3) is 0.333. The van der Waals surface area contributed by atoms with Gasteiger partial charge < -0.3 is 0 Å². The Morgan fingerprint density at radius 3 is 1.96 bits per heavy atom. The summed E-state index contributed by atoms with van der Waals surface area (Å²) < 4.78 is 41.5. The molecule has 0 radical (unpaired) electrons. The van der Waals surface area contributed by atoms with Gasteiger partial charge in [-0.2, -0.15) is 0 Å². The van der Waals surface area contributed by atoms with E-state index >= 15 is 0 Å². The Kier molecular flexibility index (Phi) is 9.12. The van der Waals surface area contributed by atoms with Crippen LogP contribution in [0.1, 0.15) is 39.5 Å². The van der Waals surface area contributed by atoms with Crippen LogP contribution in [0.5, 0.6) is 0 Å². The third kappa shape index (κ3) is 7.49. The van der Waals surface area contributed by atoms with Crippen LogP contribution in [0.25, 0.3) is 0 Å². The van der Waals surface area contributed by atoms with Crippen LogP contribution in [0.15, 0.2) is 84.8 Å². The molecule has 0 saturated carbocycles. The van der Waals surface area contributed by atoms with Crippen molar-refractivity contribution in [1.82, 2.24) is 0 Å². The summed E-state index contributed by atoms with van der Waals surface area (Å²) in [7, 11) is 0. The minimum Gasteiger partial charge on any atom is -0.207 e. The van der Waals surface area contributed by atoms with Crippen molar-refractivity contribution in [2.24, 2.45) is 0 Å². The van der Waals surface area contributed by atoms with Crippen LogP contribution in [0.3, 0.4) is 0 Å². The average Bonchev–Trinajstić information content (AvgIpc) is 2.51. The lowest BCUT2D eigenvalue weighted by Crippen LogP contribution is -2.19. The first kappa shape index (κ1) is 22.0. The summed E-state index contributed by atoms with van der Waals surface area (Å²) >= 11 is 0. The van der Waals surface area contributed by atoms with Gasteiger partial charge in [0.05, 0.1) is 0 Å². The second-order valence-corrected chi connectivity index (χ2v) is 5.82. The summed E-state index contributed by atoms with van der Waals surface area (Å²) in [4.78, 5) is 0. The molecule has 132 valence electrons. The first-order chi connectivity index (χ1) is 11.0.